The molecule has 1 atom stereocenters. The summed E-state index contributed by atoms with van der Waals surface area (Å²) in [5, 5.41) is 17.8. The number of hydrogen-bond donors (Lipinski definition) is 2. The Morgan fingerprint density at radius 3 is 2.58 bits per heavy atom. The summed E-state index contributed by atoms with van der Waals surface area (Å²) in [6.45, 7) is 4.37. The molecule has 10 nitrogen and oxygen atoms in total. The van der Waals surface area contributed by atoms with Crippen molar-refractivity contribution < 1.29 is 28.4 Å². The number of carbonyl (C=O) groups is 2. The van der Waals surface area contributed by atoms with Gasteiger partial charge in [0.2, 0.25) is 0 Å². The van der Waals surface area contributed by atoms with Gasteiger partial charge in [-0.25, -0.2) is 14.0 Å². The quantitative estimate of drug-likeness (QED) is 0.255. The predicted octanol–water partition coefficient (Wildman–Crippen LogP) is 3.86. The van der Waals surface area contributed by atoms with Gasteiger partial charge < -0.3 is 20.1 Å². The molecular formula is C27H31FN4O6. The molecule has 0 aromatic heterocycles. The lowest BCUT2D eigenvalue weighted by molar-refractivity contribution is -0.384. The maximum Gasteiger partial charge on any atom is 0.338 e. The molecule has 202 valence electrons. The first-order chi connectivity index (χ1) is 18.2. The molecule has 1 fully saturated rings. The highest BCUT2D eigenvalue weighted by Gasteiger charge is 2.44. The molecule has 4 rings (SSSR count). The van der Waals surface area contributed by atoms with Crippen LogP contribution >= 0.6 is 0 Å². The van der Waals surface area contributed by atoms with Crippen molar-refractivity contribution >= 4 is 29.0 Å². The summed E-state index contributed by atoms with van der Waals surface area (Å²) in [5.74, 6) is -1.82. The van der Waals surface area contributed by atoms with Gasteiger partial charge in [0.15, 0.2) is 5.54 Å². The monoisotopic (exact) mass is 526 g/mol. The molecular weight excluding hydrogens is 495 g/mol. The standard InChI is InChI=1S/C27H31FN4O6/c1-4-37-25(33)17-6-10-21(18(12-17)15-31(3)20-8-9-20)23-14-27(16-29-23,26(34)38-5-2)30-22-11-7-19(28)13-24(22)32(35)36/h6-7,10-14,20,29-30H,4-5,8-9,15-16H2,1-3H3. The largest absolute Gasteiger partial charge is 0.464 e. The van der Waals surface area contributed by atoms with Gasteiger partial charge in [0.1, 0.15) is 11.5 Å². The number of esters is 2. The molecule has 1 unspecified atom stereocenters. The Kier molecular flexibility index (Phi) is 7.96. The van der Waals surface area contributed by atoms with Crippen LogP contribution in [0.15, 0.2) is 42.5 Å². The number of hydrogen-bond acceptors (Lipinski definition) is 9. The van der Waals surface area contributed by atoms with E-state index in [1.165, 1.54) is 6.07 Å². The predicted molar refractivity (Wildman–Crippen MR) is 139 cm³/mol. The van der Waals surface area contributed by atoms with E-state index >= 15 is 0 Å². The van der Waals surface area contributed by atoms with Gasteiger partial charge in [-0.1, -0.05) is 6.07 Å². The van der Waals surface area contributed by atoms with Gasteiger partial charge in [-0.15, -0.1) is 0 Å². The fourth-order valence-electron chi connectivity index (χ4n) is 4.52. The van der Waals surface area contributed by atoms with Crippen molar-refractivity contribution in [2.75, 3.05) is 32.1 Å². The Morgan fingerprint density at radius 1 is 1.18 bits per heavy atom. The molecule has 1 aliphatic carbocycles. The van der Waals surface area contributed by atoms with E-state index in [-0.39, 0.29) is 25.4 Å². The summed E-state index contributed by atoms with van der Waals surface area (Å²) in [6.07, 6.45) is 3.85. The topological polar surface area (TPSA) is 123 Å². The van der Waals surface area contributed by atoms with Crippen molar-refractivity contribution in [1.82, 2.24) is 10.2 Å². The number of benzene rings is 2. The van der Waals surface area contributed by atoms with E-state index in [9.17, 15) is 24.1 Å². The van der Waals surface area contributed by atoms with Crippen molar-refractivity contribution in [2.24, 2.45) is 0 Å². The van der Waals surface area contributed by atoms with E-state index in [1.807, 2.05) is 7.05 Å². The average Bonchev–Trinajstić information content (AvgIpc) is 3.66. The van der Waals surface area contributed by atoms with Crippen molar-refractivity contribution in [3.05, 3.63) is 75.1 Å². The Labute approximate surface area is 219 Å². The van der Waals surface area contributed by atoms with E-state index in [1.54, 1.807) is 38.1 Å². The fraction of sp³-hybridized carbons (Fsp3) is 0.407. The number of nitro groups is 1. The van der Waals surface area contributed by atoms with Crippen LogP contribution in [0.2, 0.25) is 0 Å². The Balaban J connectivity index is 1.75. The number of rotatable bonds is 11. The number of halogens is 1. The van der Waals surface area contributed by atoms with Crippen molar-refractivity contribution in [3.8, 4) is 0 Å². The number of anilines is 1. The lowest BCUT2D eigenvalue weighted by Gasteiger charge is -2.26. The molecule has 1 saturated carbocycles. The minimum Gasteiger partial charge on any atom is -0.464 e. The summed E-state index contributed by atoms with van der Waals surface area (Å²) >= 11 is 0. The van der Waals surface area contributed by atoms with Gasteiger partial charge in [0.05, 0.1) is 36.3 Å². The second-order valence-corrected chi connectivity index (χ2v) is 9.39. The van der Waals surface area contributed by atoms with E-state index in [0.29, 0.717) is 23.8 Å². The van der Waals surface area contributed by atoms with Gasteiger partial charge in [-0.05, 0) is 69.6 Å². The second-order valence-electron chi connectivity index (χ2n) is 9.39. The van der Waals surface area contributed by atoms with E-state index in [2.05, 4.69) is 15.5 Å². The van der Waals surface area contributed by atoms with Crippen LogP contribution < -0.4 is 10.6 Å². The van der Waals surface area contributed by atoms with Crippen LogP contribution in [0, 0.1) is 15.9 Å². The molecule has 1 heterocycles. The smallest absolute Gasteiger partial charge is 0.338 e. The van der Waals surface area contributed by atoms with Crippen molar-refractivity contribution in [1.29, 1.82) is 0 Å². The first kappa shape index (κ1) is 27.1. The number of nitrogens with one attached hydrogen (secondary N) is 2. The minimum absolute atomic E-state index is 0.0184. The maximum absolute atomic E-state index is 13.7. The lowest BCUT2D eigenvalue weighted by atomic mass is 9.96. The molecule has 38 heavy (non-hydrogen) atoms. The van der Waals surface area contributed by atoms with Crippen LogP contribution in [0.1, 0.15) is 48.2 Å². The van der Waals surface area contributed by atoms with E-state index in [4.69, 9.17) is 9.47 Å². The van der Waals surface area contributed by atoms with Crippen LogP contribution in [0.5, 0.6) is 0 Å². The average molecular weight is 527 g/mol. The zero-order valence-electron chi connectivity index (χ0n) is 21.6. The van der Waals surface area contributed by atoms with Crippen molar-refractivity contribution in [2.45, 2.75) is 44.8 Å². The summed E-state index contributed by atoms with van der Waals surface area (Å²) in [7, 11) is 2.02. The van der Waals surface area contributed by atoms with E-state index < -0.39 is 33.9 Å². The highest BCUT2D eigenvalue weighted by Crippen LogP contribution is 2.35. The molecule has 0 saturated heterocycles. The molecule has 0 radical (unpaired) electrons. The molecule has 0 spiro atoms. The minimum atomic E-state index is -1.49. The zero-order chi connectivity index (χ0) is 27.4. The molecule has 2 N–H and O–H groups in total. The molecule has 2 aromatic rings. The van der Waals surface area contributed by atoms with Crippen LogP contribution in [-0.2, 0) is 20.8 Å². The molecule has 11 heteroatoms. The normalized spacial score (nSPS) is 18.5. The lowest BCUT2D eigenvalue weighted by Crippen LogP contribution is -2.49. The first-order valence-electron chi connectivity index (χ1n) is 12.5. The molecule has 1 aliphatic heterocycles. The van der Waals surface area contributed by atoms with Gasteiger partial charge >= 0.3 is 11.9 Å². The summed E-state index contributed by atoms with van der Waals surface area (Å²) in [6, 6.07) is 8.83. The van der Waals surface area contributed by atoms with Crippen LogP contribution in [0.3, 0.4) is 0 Å². The van der Waals surface area contributed by atoms with Gasteiger partial charge in [0, 0.05) is 23.8 Å². The van der Waals surface area contributed by atoms with Gasteiger partial charge in [-0.2, -0.15) is 0 Å². The third-order valence-electron chi connectivity index (χ3n) is 6.60. The molecule has 0 amide bonds. The zero-order valence-corrected chi connectivity index (χ0v) is 21.6. The fourth-order valence-corrected chi connectivity index (χ4v) is 4.52. The second kappa shape index (κ2) is 11.2. The molecule has 2 aromatic carbocycles. The van der Waals surface area contributed by atoms with Crippen LogP contribution in [0.25, 0.3) is 5.70 Å². The highest BCUT2D eigenvalue weighted by atomic mass is 19.1. The van der Waals surface area contributed by atoms with Crippen LogP contribution in [-0.4, -0.2) is 60.1 Å². The Hall–Kier alpha value is -3.99. The molecule has 2 aliphatic rings. The third-order valence-corrected chi connectivity index (χ3v) is 6.60. The van der Waals surface area contributed by atoms with Crippen LogP contribution in [0.4, 0.5) is 15.8 Å². The Morgan fingerprint density at radius 2 is 1.92 bits per heavy atom. The summed E-state index contributed by atoms with van der Waals surface area (Å²) in [5.41, 5.74) is 0.641. The SMILES string of the molecule is CCOC(=O)c1ccc(C2=CC(Nc3ccc(F)cc3[N+](=O)[O-])(C(=O)OCC)CN2)c(CN(C)C2CC2)c1. The number of ether oxygens (including phenoxy) is 2. The number of nitro benzene ring substituents is 1. The van der Waals surface area contributed by atoms with Crippen molar-refractivity contribution in [3.63, 3.8) is 0 Å². The first-order valence-corrected chi connectivity index (χ1v) is 12.5. The summed E-state index contributed by atoms with van der Waals surface area (Å²) in [4.78, 5) is 38.7. The number of carbonyl (C=O) groups excluding carboxylic acids is 2. The van der Waals surface area contributed by atoms with Gasteiger partial charge in [0.25, 0.3) is 5.69 Å². The Bertz CT molecular complexity index is 1280. The van der Waals surface area contributed by atoms with Gasteiger partial charge in [-0.3, -0.25) is 15.0 Å². The maximum atomic E-state index is 13.7. The molecule has 0 bridgehead atoms. The summed E-state index contributed by atoms with van der Waals surface area (Å²) < 4.78 is 24.2. The number of nitrogens with zero attached hydrogens (tertiary/aromatic N) is 2. The third kappa shape index (κ3) is 5.77. The van der Waals surface area contributed by atoms with E-state index in [0.717, 1.165) is 36.1 Å². The highest BCUT2D eigenvalue weighted by molar-refractivity contribution is 5.94.